The molecule has 4 rings (SSSR count). The van der Waals surface area contributed by atoms with Crippen LogP contribution >= 0.6 is 0 Å². The number of hydrogen-bond acceptors (Lipinski definition) is 4. The van der Waals surface area contributed by atoms with Crippen molar-refractivity contribution in [3.8, 4) is 0 Å². The molecule has 2 aliphatic rings. The summed E-state index contributed by atoms with van der Waals surface area (Å²) in [5, 5.41) is 2.77. The Labute approximate surface area is 174 Å². The van der Waals surface area contributed by atoms with Crippen LogP contribution in [0.4, 0.5) is 0 Å². The maximum Gasteiger partial charge on any atom is 0.262 e. The maximum absolute atomic E-state index is 13.7. The number of carbonyl (C=O) groups is 4. The van der Waals surface area contributed by atoms with E-state index in [0.29, 0.717) is 24.2 Å². The third-order valence-corrected chi connectivity index (χ3v) is 5.81. The molecular formula is C23H23N3O4. The molecule has 1 saturated heterocycles. The molecule has 2 heterocycles. The second-order valence-electron chi connectivity index (χ2n) is 8.04. The van der Waals surface area contributed by atoms with Crippen molar-refractivity contribution in [3.05, 3.63) is 71.3 Å². The minimum absolute atomic E-state index is 0.180. The molecule has 1 N–H and O–H groups in total. The van der Waals surface area contributed by atoms with Gasteiger partial charge in [0.2, 0.25) is 11.8 Å². The number of rotatable bonds is 4. The van der Waals surface area contributed by atoms with E-state index in [2.05, 4.69) is 5.32 Å². The summed E-state index contributed by atoms with van der Waals surface area (Å²) in [6, 6.07) is 14.8. The second-order valence-corrected chi connectivity index (χ2v) is 8.04. The van der Waals surface area contributed by atoms with Crippen molar-refractivity contribution in [3.63, 3.8) is 0 Å². The highest BCUT2D eigenvalue weighted by molar-refractivity contribution is 6.23. The number of benzene rings is 2. The Balaban J connectivity index is 1.74. The van der Waals surface area contributed by atoms with Crippen LogP contribution in [0.25, 0.3) is 0 Å². The Kier molecular flexibility index (Phi) is 4.89. The lowest BCUT2D eigenvalue weighted by molar-refractivity contribution is -0.151. The van der Waals surface area contributed by atoms with Crippen molar-refractivity contribution in [2.24, 2.45) is 0 Å². The van der Waals surface area contributed by atoms with Crippen molar-refractivity contribution in [2.45, 2.75) is 31.8 Å². The van der Waals surface area contributed by atoms with Gasteiger partial charge < -0.3 is 10.2 Å². The van der Waals surface area contributed by atoms with Crippen molar-refractivity contribution in [2.75, 3.05) is 13.1 Å². The van der Waals surface area contributed by atoms with E-state index in [-0.39, 0.29) is 12.3 Å². The SMILES string of the molecule is CC1(C)C(=O)NCCN1C(=O)C(Cc1ccccc1)N1C(=O)c2ccccc2C1=O. The van der Waals surface area contributed by atoms with Gasteiger partial charge in [-0.3, -0.25) is 24.1 Å². The van der Waals surface area contributed by atoms with E-state index in [9.17, 15) is 19.2 Å². The van der Waals surface area contributed by atoms with E-state index >= 15 is 0 Å². The zero-order valence-corrected chi connectivity index (χ0v) is 16.9. The first kappa shape index (κ1) is 19.8. The van der Waals surface area contributed by atoms with Gasteiger partial charge in [-0.1, -0.05) is 42.5 Å². The molecule has 0 radical (unpaired) electrons. The number of nitrogens with one attached hydrogen (secondary N) is 1. The fourth-order valence-electron chi connectivity index (χ4n) is 4.08. The van der Waals surface area contributed by atoms with Gasteiger partial charge in [-0.05, 0) is 31.5 Å². The van der Waals surface area contributed by atoms with Gasteiger partial charge in [0.15, 0.2) is 0 Å². The fourth-order valence-corrected chi connectivity index (χ4v) is 4.08. The predicted molar refractivity (Wildman–Crippen MR) is 110 cm³/mol. The molecule has 2 aliphatic heterocycles. The van der Waals surface area contributed by atoms with Crippen LogP contribution in [0.2, 0.25) is 0 Å². The highest BCUT2D eigenvalue weighted by Crippen LogP contribution is 2.29. The number of amides is 4. The molecule has 2 aromatic rings. The minimum Gasteiger partial charge on any atom is -0.352 e. The molecule has 0 spiro atoms. The number of hydrogen-bond donors (Lipinski definition) is 1. The number of imide groups is 1. The summed E-state index contributed by atoms with van der Waals surface area (Å²) in [6.45, 7) is 3.98. The van der Waals surface area contributed by atoms with Gasteiger partial charge in [0.1, 0.15) is 11.6 Å². The van der Waals surface area contributed by atoms with Crippen LogP contribution in [0.5, 0.6) is 0 Å². The number of nitrogens with zero attached hydrogens (tertiary/aromatic N) is 2. The normalized spacial score (nSPS) is 18.8. The van der Waals surface area contributed by atoms with Crippen molar-refractivity contribution >= 4 is 23.6 Å². The third kappa shape index (κ3) is 3.16. The lowest BCUT2D eigenvalue weighted by atomic mass is 9.95. The molecule has 0 saturated carbocycles. The van der Waals surface area contributed by atoms with Crippen LogP contribution in [0.15, 0.2) is 54.6 Å². The van der Waals surface area contributed by atoms with E-state index in [0.717, 1.165) is 10.5 Å². The van der Waals surface area contributed by atoms with E-state index in [1.165, 1.54) is 4.90 Å². The quantitative estimate of drug-likeness (QED) is 0.784. The molecule has 7 heteroatoms. The molecule has 1 atom stereocenters. The largest absolute Gasteiger partial charge is 0.352 e. The number of fused-ring (bicyclic) bond motifs is 1. The monoisotopic (exact) mass is 405 g/mol. The topological polar surface area (TPSA) is 86.8 Å². The molecule has 7 nitrogen and oxygen atoms in total. The molecule has 2 aromatic carbocycles. The first-order chi connectivity index (χ1) is 14.3. The molecule has 0 aliphatic carbocycles. The molecule has 0 bridgehead atoms. The van der Waals surface area contributed by atoms with Crippen LogP contribution < -0.4 is 5.32 Å². The summed E-state index contributed by atoms with van der Waals surface area (Å²) in [4.78, 5) is 54.8. The van der Waals surface area contributed by atoms with E-state index < -0.39 is 29.3 Å². The Bertz CT molecular complexity index is 997. The smallest absolute Gasteiger partial charge is 0.262 e. The average Bonchev–Trinajstić information content (AvgIpc) is 2.99. The van der Waals surface area contributed by atoms with Crippen LogP contribution in [0.1, 0.15) is 40.1 Å². The summed E-state index contributed by atoms with van der Waals surface area (Å²) in [5.74, 6) is -1.63. The molecular weight excluding hydrogens is 382 g/mol. The van der Waals surface area contributed by atoms with Crippen molar-refractivity contribution < 1.29 is 19.2 Å². The zero-order chi connectivity index (χ0) is 21.5. The van der Waals surface area contributed by atoms with Gasteiger partial charge in [-0.2, -0.15) is 0 Å². The van der Waals surface area contributed by atoms with Crippen LogP contribution in [-0.2, 0) is 16.0 Å². The second kappa shape index (κ2) is 7.40. The average molecular weight is 405 g/mol. The van der Waals surface area contributed by atoms with E-state index in [1.54, 1.807) is 38.1 Å². The first-order valence-electron chi connectivity index (χ1n) is 9.93. The fraction of sp³-hybridized carbons (Fsp3) is 0.304. The Morgan fingerprint density at radius 1 is 0.967 bits per heavy atom. The number of carbonyl (C=O) groups excluding carboxylic acids is 4. The first-order valence-corrected chi connectivity index (χ1v) is 9.93. The van der Waals surface area contributed by atoms with Gasteiger partial charge in [0.05, 0.1) is 11.1 Å². The highest BCUT2D eigenvalue weighted by Gasteiger charge is 2.48. The Morgan fingerprint density at radius 2 is 1.53 bits per heavy atom. The summed E-state index contributed by atoms with van der Waals surface area (Å²) in [7, 11) is 0. The summed E-state index contributed by atoms with van der Waals surface area (Å²) in [6.07, 6.45) is 0.180. The summed E-state index contributed by atoms with van der Waals surface area (Å²) in [5.41, 5.74) is 0.336. The number of piperazine rings is 1. The van der Waals surface area contributed by atoms with Gasteiger partial charge in [-0.15, -0.1) is 0 Å². The maximum atomic E-state index is 13.7. The molecule has 4 amide bonds. The molecule has 0 aromatic heterocycles. The lowest BCUT2D eigenvalue weighted by Gasteiger charge is -2.43. The highest BCUT2D eigenvalue weighted by atomic mass is 16.2. The van der Waals surface area contributed by atoms with Crippen LogP contribution in [-0.4, -0.2) is 58.1 Å². The minimum atomic E-state index is -1.08. The van der Waals surface area contributed by atoms with Crippen LogP contribution in [0.3, 0.4) is 0 Å². The lowest BCUT2D eigenvalue weighted by Crippen LogP contribution is -2.66. The molecule has 30 heavy (non-hydrogen) atoms. The summed E-state index contributed by atoms with van der Waals surface area (Å²) >= 11 is 0. The third-order valence-electron chi connectivity index (χ3n) is 5.81. The zero-order valence-electron chi connectivity index (χ0n) is 16.9. The summed E-state index contributed by atoms with van der Waals surface area (Å²) < 4.78 is 0. The van der Waals surface area contributed by atoms with Gasteiger partial charge in [0.25, 0.3) is 11.8 Å². The standard InChI is InChI=1S/C23H23N3O4/c1-23(2)22(30)24-12-13-25(23)21(29)18(14-15-8-4-3-5-9-15)26-19(27)16-10-6-7-11-17(16)20(26)28/h3-11,18H,12-14H2,1-2H3,(H,24,30). The Hall–Kier alpha value is -3.48. The molecule has 1 unspecified atom stereocenters. The van der Waals surface area contributed by atoms with E-state index in [1.807, 2.05) is 30.3 Å². The van der Waals surface area contributed by atoms with Crippen molar-refractivity contribution in [1.82, 2.24) is 15.1 Å². The van der Waals surface area contributed by atoms with E-state index in [4.69, 9.17) is 0 Å². The Morgan fingerprint density at radius 3 is 2.13 bits per heavy atom. The van der Waals surface area contributed by atoms with Crippen molar-refractivity contribution in [1.29, 1.82) is 0 Å². The predicted octanol–water partition coefficient (Wildman–Crippen LogP) is 1.63. The molecule has 154 valence electrons. The van der Waals surface area contributed by atoms with Gasteiger partial charge in [-0.25, -0.2) is 0 Å². The van der Waals surface area contributed by atoms with Gasteiger partial charge >= 0.3 is 0 Å². The van der Waals surface area contributed by atoms with Crippen LogP contribution in [0, 0.1) is 0 Å². The molecule has 1 fully saturated rings. The van der Waals surface area contributed by atoms with Gasteiger partial charge in [0, 0.05) is 19.5 Å².